The van der Waals surface area contributed by atoms with Gasteiger partial charge in [0, 0.05) is 4.47 Å². The van der Waals surface area contributed by atoms with Gasteiger partial charge in [0.25, 0.3) is 0 Å². The fraction of sp³-hybridized carbons (Fsp3) is 0. The minimum absolute atomic E-state index is 1.08. The molecule has 1 heteroatoms. The summed E-state index contributed by atoms with van der Waals surface area (Å²) in [6.07, 6.45) is 13.4. The second kappa shape index (κ2) is 17.1. The van der Waals surface area contributed by atoms with Crippen LogP contribution in [0.5, 0.6) is 0 Å². The van der Waals surface area contributed by atoms with E-state index >= 15 is 0 Å². The highest BCUT2D eigenvalue weighted by molar-refractivity contribution is 9.10. The SMILES string of the molecule is Brc1cc(/C=C\c2ccc(C=C(c3ccccc3)c3ccccc3)cc2)c(/C=C\c2ccc(C=C(c3ccccc3)c3ccccc3)cc2)c2ccccc12. The zero-order chi connectivity index (χ0) is 37.2. The molecule has 0 amide bonds. The molecule has 0 unspecified atom stereocenters. The molecule has 0 bridgehead atoms. The summed E-state index contributed by atoms with van der Waals surface area (Å²) >= 11 is 3.87. The first kappa shape index (κ1) is 35.5. The lowest BCUT2D eigenvalue weighted by Crippen LogP contribution is -1.88. The molecule has 0 aromatic heterocycles. The molecule has 0 saturated carbocycles. The van der Waals surface area contributed by atoms with Gasteiger partial charge in [-0.2, -0.15) is 0 Å². The summed E-state index contributed by atoms with van der Waals surface area (Å²) in [5.74, 6) is 0. The molecule has 0 atom stereocenters. The molecule has 0 aliphatic carbocycles. The van der Waals surface area contributed by atoms with Gasteiger partial charge in [-0.25, -0.2) is 0 Å². The van der Waals surface area contributed by atoms with Gasteiger partial charge in [0.2, 0.25) is 0 Å². The number of halogens is 1. The van der Waals surface area contributed by atoms with Crippen molar-refractivity contribution in [2.45, 2.75) is 0 Å². The molecule has 0 heterocycles. The Morgan fingerprint density at radius 2 is 0.673 bits per heavy atom. The van der Waals surface area contributed by atoms with Crippen molar-refractivity contribution in [1.29, 1.82) is 0 Å². The van der Waals surface area contributed by atoms with Gasteiger partial charge >= 0.3 is 0 Å². The van der Waals surface area contributed by atoms with Crippen LogP contribution >= 0.6 is 15.9 Å². The lowest BCUT2D eigenvalue weighted by molar-refractivity contribution is 1.55. The Hall–Kier alpha value is -6.54. The van der Waals surface area contributed by atoms with Crippen molar-refractivity contribution in [3.63, 3.8) is 0 Å². The van der Waals surface area contributed by atoms with Crippen molar-refractivity contribution >= 4 is 74.3 Å². The van der Waals surface area contributed by atoms with E-state index in [1.165, 1.54) is 49.7 Å². The molecule has 0 fully saturated rings. The van der Waals surface area contributed by atoms with E-state index in [0.717, 1.165) is 32.3 Å². The first-order valence-corrected chi connectivity index (χ1v) is 19.4. The van der Waals surface area contributed by atoms with E-state index in [1.807, 2.05) is 0 Å². The van der Waals surface area contributed by atoms with E-state index in [9.17, 15) is 0 Å². The van der Waals surface area contributed by atoms with Crippen LogP contribution in [-0.4, -0.2) is 0 Å². The van der Waals surface area contributed by atoms with Crippen molar-refractivity contribution < 1.29 is 0 Å². The molecule has 0 N–H and O–H groups in total. The Labute approximate surface area is 332 Å². The average molecular weight is 768 g/mol. The van der Waals surface area contributed by atoms with Crippen LogP contribution in [-0.2, 0) is 0 Å². The Kier molecular flexibility index (Phi) is 11.0. The maximum atomic E-state index is 3.87. The third-order valence-electron chi connectivity index (χ3n) is 9.80. The third-order valence-corrected chi connectivity index (χ3v) is 10.5. The second-order valence-corrected chi connectivity index (χ2v) is 14.3. The van der Waals surface area contributed by atoms with E-state index in [-0.39, 0.29) is 0 Å². The highest BCUT2D eigenvalue weighted by atomic mass is 79.9. The van der Waals surface area contributed by atoms with Crippen LogP contribution in [0.25, 0.3) is 58.4 Å². The second-order valence-electron chi connectivity index (χ2n) is 13.5. The quantitative estimate of drug-likeness (QED) is 0.122. The monoisotopic (exact) mass is 766 g/mol. The van der Waals surface area contributed by atoms with Crippen molar-refractivity contribution in [3.05, 3.63) is 260 Å². The first-order valence-electron chi connectivity index (χ1n) is 18.6. The summed E-state index contributed by atoms with van der Waals surface area (Å²) in [7, 11) is 0. The summed E-state index contributed by atoms with van der Waals surface area (Å²) in [6, 6.07) is 70.8. The first-order chi connectivity index (χ1) is 27.2. The van der Waals surface area contributed by atoms with Gasteiger partial charge in [0.05, 0.1) is 0 Å². The maximum Gasteiger partial charge on any atom is 0.0260 e. The number of hydrogen-bond donors (Lipinski definition) is 0. The Balaban J connectivity index is 1.08. The van der Waals surface area contributed by atoms with Crippen molar-refractivity contribution in [1.82, 2.24) is 0 Å². The molecule has 0 nitrogen and oxygen atoms in total. The molecule has 0 radical (unpaired) electrons. The molecule has 0 spiro atoms. The van der Waals surface area contributed by atoms with E-state index < -0.39 is 0 Å². The zero-order valence-electron chi connectivity index (χ0n) is 30.4. The van der Waals surface area contributed by atoms with E-state index in [2.05, 4.69) is 253 Å². The van der Waals surface area contributed by atoms with Crippen LogP contribution in [0, 0.1) is 0 Å². The third kappa shape index (κ3) is 8.65. The minimum atomic E-state index is 1.08. The Bertz CT molecular complexity index is 2550. The summed E-state index contributed by atoms with van der Waals surface area (Å²) in [4.78, 5) is 0. The Morgan fingerprint density at radius 1 is 0.327 bits per heavy atom. The molecule has 55 heavy (non-hydrogen) atoms. The number of benzene rings is 8. The summed E-state index contributed by atoms with van der Waals surface area (Å²) < 4.78 is 1.08. The number of rotatable bonds is 10. The smallest absolute Gasteiger partial charge is 0.0260 e. The maximum absolute atomic E-state index is 3.87. The predicted molar refractivity (Wildman–Crippen MR) is 242 cm³/mol. The molecule has 0 aliphatic heterocycles. The number of fused-ring (bicyclic) bond motifs is 1. The van der Waals surface area contributed by atoms with Crippen LogP contribution in [0.15, 0.2) is 205 Å². The van der Waals surface area contributed by atoms with E-state index in [1.54, 1.807) is 0 Å². The van der Waals surface area contributed by atoms with E-state index in [0.29, 0.717) is 0 Å². The summed E-state index contributed by atoms with van der Waals surface area (Å²) in [5.41, 5.74) is 14.2. The predicted octanol–water partition coefficient (Wildman–Crippen LogP) is 15.1. The molecule has 0 saturated heterocycles. The zero-order valence-corrected chi connectivity index (χ0v) is 32.0. The van der Waals surface area contributed by atoms with Gasteiger partial charge in [-0.05, 0) is 95.8 Å². The normalized spacial score (nSPS) is 11.2. The van der Waals surface area contributed by atoms with Crippen LogP contribution in [0.1, 0.15) is 55.6 Å². The van der Waals surface area contributed by atoms with Crippen molar-refractivity contribution in [2.24, 2.45) is 0 Å². The Morgan fingerprint density at radius 3 is 1.09 bits per heavy atom. The van der Waals surface area contributed by atoms with Gasteiger partial charge in [-0.15, -0.1) is 0 Å². The van der Waals surface area contributed by atoms with E-state index in [4.69, 9.17) is 0 Å². The molecule has 262 valence electrons. The number of hydrogen-bond acceptors (Lipinski definition) is 0. The van der Waals surface area contributed by atoms with Crippen LogP contribution in [0.2, 0.25) is 0 Å². The summed E-state index contributed by atoms with van der Waals surface area (Å²) in [6.45, 7) is 0. The topological polar surface area (TPSA) is 0 Å². The van der Waals surface area contributed by atoms with Crippen LogP contribution < -0.4 is 0 Å². The lowest BCUT2D eigenvalue weighted by Gasteiger charge is -2.10. The molecule has 8 aromatic carbocycles. The lowest BCUT2D eigenvalue weighted by atomic mass is 9.95. The summed E-state index contributed by atoms with van der Waals surface area (Å²) in [5, 5.41) is 2.40. The largest absolute Gasteiger partial charge is 0.0622 e. The molecule has 8 rings (SSSR count). The van der Waals surface area contributed by atoms with Gasteiger partial charge in [-0.3, -0.25) is 0 Å². The molecular formula is C54H39Br. The van der Waals surface area contributed by atoms with Crippen molar-refractivity contribution in [3.8, 4) is 0 Å². The molecule has 0 aliphatic rings. The van der Waals surface area contributed by atoms with Crippen molar-refractivity contribution in [2.75, 3.05) is 0 Å². The fourth-order valence-corrected chi connectivity index (χ4v) is 7.53. The van der Waals surface area contributed by atoms with Gasteiger partial charge in [0.1, 0.15) is 0 Å². The van der Waals surface area contributed by atoms with Gasteiger partial charge in [0.15, 0.2) is 0 Å². The van der Waals surface area contributed by atoms with Crippen LogP contribution in [0.3, 0.4) is 0 Å². The molecular weight excluding hydrogens is 728 g/mol. The molecule has 8 aromatic rings. The average Bonchev–Trinajstić information content (AvgIpc) is 3.26. The van der Waals surface area contributed by atoms with Gasteiger partial charge < -0.3 is 0 Å². The standard InChI is InChI=1S/C54H39Br/c55-54-39-48(35-33-40-25-29-42(30-26-40)37-52(44-15-5-1-6-16-44)45-17-7-2-8-18-45)49(50-23-13-14-24-51(50)54)36-34-41-27-31-43(32-28-41)38-53(46-19-9-3-10-20-46)47-21-11-4-12-22-47/h1-39H/b35-33-,36-34-. The minimum Gasteiger partial charge on any atom is -0.0622 e. The van der Waals surface area contributed by atoms with Gasteiger partial charge in [-0.1, -0.05) is 234 Å². The van der Waals surface area contributed by atoms with Crippen LogP contribution in [0.4, 0.5) is 0 Å². The fourth-order valence-electron chi connectivity index (χ4n) is 6.94. The highest BCUT2D eigenvalue weighted by Gasteiger charge is 2.09. The highest BCUT2D eigenvalue weighted by Crippen LogP contribution is 2.33.